The summed E-state index contributed by atoms with van der Waals surface area (Å²) in [5.41, 5.74) is 2.49. The Kier molecular flexibility index (Phi) is 6.35. The molecule has 1 amide bonds. The summed E-state index contributed by atoms with van der Waals surface area (Å²) < 4.78 is 26.1. The monoisotopic (exact) mass is 438 g/mol. The van der Waals surface area contributed by atoms with Crippen LogP contribution < -0.4 is 16.4 Å². The molecule has 166 valence electrons. The second-order valence-electron chi connectivity index (χ2n) is 7.74. The van der Waals surface area contributed by atoms with E-state index in [2.05, 4.69) is 16.7 Å². The number of hydrogen-bond donors (Lipinski definition) is 2. The molecule has 4 rings (SSSR count). The molecule has 32 heavy (non-hydrogen) atoms. The molecule has 1 saturated heterocycles. The highest BCUT2D eigenvalue weighted by Gasteiger charge is 2.23. The predicted octanol–water partition coefficient (Wildman–Crippen LogP) is 1.87. The minimum Gasteiger partial charge on any atom is -0.405 e. The summed E-state index contributed by atoms with van der Waals surface area (Å²) in [5.74, 6) is -1.54. The largest absolute Gasteiger partial charge is 0.419 e. The Balaban J connectivity index is 1.47. The Morgan fingerprint density at radius 3 is 2.88 bits per heavy atom. The number of aromatic nitrogens is 1. The molecule has 1 aliphatic heterocycles. The zero-order valence-electron chi connectivity index (χ0n) is 17.6. The lowest BCUT2D eigenvalue weighted by molar-refractivity contribution is -0.132. The minimum absolute atomic E-state index is 0.0710. The number of aryl methyl sites for hydroxylation is 1. The van der Waals surface area contributed by atoms with Gasteiger partial charge in [0.25, 0.3) is 5.91 Å². The first-order chi connectivity index (χ1) is 15.5. The SMILES string of the molecule is Cn1c(=O)oc2c(F)cc(-c3ccc(C[C@@H](C#N)NC(=O)C4CNCCCO4)cc3)cc21. The Bertz CT molecular complexity index is 1220. The molecule has 0 bridgehead atoms. The van der Waals surface area contributed by atoms with E-state index in [9.17, 15) is 19.2 Å². The number of rotatable bonds is 5. The van der Waals surface area contributed by atoms with Crippen molar-refractivity contribution in [3.05, 3.63) is 58.3 Å². The number of halogens is 1. The fourth-order valence-electron chi connectivity index (χ4n) is 3.70. The van der Waals surface area contributed by atoms with Gasteiger partial charge in [-0.25, -0.2) is 9.18 Å². The van der Waals surface area contributed by atoms with Crippen LogP contribution in [0.15, 0.2) is 45.6 Å². The van der Waals surface area contributed by atoms with Crippen molar-refractivity contribution in [2.75, 3.05) is 19.7 Å². The van der Waals surface area contributed by atoms with E-state index < -0.39 is 23.7 Å². The van der Waals surface area contributed by atoms with Crippen molar-refractivity contribution in [1.82, 2.24) is 15.2 Å². The van der Waals surface area contributed by atoms with Crippen LogP contribution in [-0.4, -0.2) is 42.3 Å². The summed E-state index contributed by atoms with van der Waals surface area (Å²) in [5, 5.41) is 15.4. The molecule has 2 aromatic carbocycles. The van der Waals surface area contributed by atoms with Crippen LogP contribution in [0.3, 0.4) is 0 Å². The molecule has 1 aliphatic rings. The molecular weight excluding hydrogens is 415 g/mol. The zero-order chi connectivity index (χ0) is 22.7. The lowest BCUT2D eigenvalue weighted by Gasteiger charge is -2.18. The molecule has 3 aromatic rings. The maximum absolute atomic E-state index is 14.4. The number of benzene rings is 2. The average Bonchev–Trinajstić information content (AvgIpc) is 2.98. The van der Waals surface area contributed by atoms with Crippen molar-refractivity contribution in [1.29, 1.82) is 5.26 Å². The van der Waals surface area contributed by atoms with Gasteiger partial charge in [-0.2, -0.15) is 5.26 Å². The summed E-state index contributed by atoms with van der Waals surface area (Å²) in [6.07, 6.45) is 0.553. The molecule has 9 heteroatoms. The molecule has 0 spiro atoms. The number of hydrogen-bond acceptors (Lipinski definition) is 6. The maximum Gasteiger partial charge on any atom is 0.419 e. The molecule has 8 nitrogen and oxygen atoms in total. The van der Waals surface area contributed by atoms with Crippen molar-refractivity contribution < 1.29 is 18.3 Å². The van der Waals surface area contributed by atoms with Gasteiger partial charge in [0, 0.05) is 26.6 Å². The third-order valence-corrected chi connectivity index (χ3v) is 5.49. The number of oxazole rings is 1. The number of fused-ring (bicyclic) bond motifs is 1. The maximum atomic E-state index is 14.4. The lowest BCUT2D eigenvalue weighted by atomic mass is 10.0. The highest BCUT2D eigenvalue weighted by Crippen LogP contribution is 2.27. The molecular formula is C23H23FN4O4. The fraction of sp³-hybridized carbons (Fsp3) is 0.348. The highest BCUT2D eigenvalue weighted by molar-refractivity contribution is 5.82. The van der Waals surface area contributed by atoms with Crippen molar-refractivity contribution >= 4 is 17.0 Å². The summed E-state index contributed by atoms with van der Waals surface area (Å²) >= 11 is 0. The van der Waals surface area contributed by atoms with E-state index in [1.807, 2.05) is 24.3 Å². The van der Waals surface area contributed by atoms with Crippen LogP contribution in [0.4, 0.5) is 4.39 Å². The van der Waals surface area contributed by atoms with Crippen LogP contribution in [0.25, 0.3) is 22.2 Å². The highest BCUT2D eigenvalue weighted by atomic mass is 19.1. The smallest absolute Gasteiger partial charge is 0.405 e. The van der Waals surface area contributed by atoms with Crippen LogP contribution >= 0.6 is 0 Å². The molecule has 2 N–H and O–H groups in total. The van der Waals surface area contributed by atoms with E-state index in [0.29, 0.717) is 30.7 Å². The van der Waals surface area contributed by atoms with Crippen molar-refractivity contribution in [3.8, 4) is 17.2 Å². The number of nitriles is 1. The second-order valence-corrected chi connectivity index (χ2v) is 7.74. The van der Waals surface area contributed by atoms with Gasteiger partial charge in [-0.1, -0.05) is 24.3 Å². The first kappa shape index (κ1) is 21.7. The van der Waals surface area contributed by atoms with Crippen LogP contribution in [0.5, 0.6) is 0 Å². The van der Waals surface area contributed by atoms with Crippen LogP contribution in [0.1, 0.15) is 12.0 Å². The molecule has 2 atom stereocenters. The van der Waals surface area contributed by atoms with E-state index in [1.165, 1.54) is 17.7 Å². The number of carbonyl (C=O) groups is 1. The van der Waals surface area contributed by atoms with Crippen molar-refractivity contribution in [2.45, 2.75) is 25.0 Å². The van der Waals surface area contributed by atoms with Gasteiger partial charge in [-0.05, 0) is 41.8 Å². The quantitative estimate of drug-likeness (QED) is 0.630. The number of carbonyl (C=O) groups excluding carboxylic acids is 1. The molecule has 2 heterocycles. The van der Waals surface area contributed by atoms with Gasteiger partial charge >= 0.3 is 5.76 Å². The van der Waals surface area contributed by atoms with Gasteiger partial charge in [-0.3, -0.25) is 9.36 Å². The lowest BCUT2D eigenvalue weighted by Crippen LogP contribution is -2.46. The van der Waals surface area contributed by atoms with Gasteiger partial charge in [0.15, 0.2) is 11.4 Å². The summed E-state index contributed by atoms with van der Waals surface area (Å²) in [4.78, 5) is 24.1. The first-order valence-electron chi connectivity index (χ1n) is 10.4. The van der Waals surface area contributed by atoms with E-state index in [-0.39, 0.29) is 11.5 Å². The molecule has 0 radical (unpaired) electrons. The van der Waals surface area contributed by atoms with Gasteiger partial charge < -0.3 is 19.8 Å². The fourth-order valence-corrected chi connectivity index (χ4v) is 3.70. The average molecular weight is 438 g/mol. The van der Waals surface area contributed by atoms with Crippen LogP contribution in [-0.2, 0) is 23.0 Å². The van der Waals surface area contributed by atoms with Gasteiger partial charge in [0.1, 0.15) is 12.1 Å². The Hall–Kier alpha value is -3.48. The van der Waals surface area contributed by atoms with E-state index >= 15 is 0 Å². The number of nitrogens with zero attached hydrogens (tertiary/aromatic N) is 2. The Morgan fingerprint density at radius 1 is 1.34 bits per heavy atom. The predicted molar refractivity (Wildman–Crippen MR) is 115 cm³/mol. The molecule has 1 aromatic heterocycles. The van der Waals surface area contributed by atoms with Gasteiger partial charge in [0.2, 0.25) is 0 Å². The summed E-state index contributed by atoms with van der Waals surface area (Å²) in [6, 6.07) is 11.7. The van der Waals surface area contributed by atoms with Gasteiger partial charge in [-0.15, -0.1) is 0 Å². The number of amides is 1. The minimum atomic E-state index is -0.700. The Labute approximate surface area is 183 Å². The van der Waals surface area contributed by atoms with Crippen LogP contribution in [0.2, 0.25) is 0 Å². The molecule has 0 saturated carbocycles. The summed E-state index contributed by atoms with van der Waals surface area (Å²) in [7, 11) is 1.52. The van der Waals surface area contributed by atoms with E-state index in [4.69, 9.17) is 9.15 Å². The van der Waals surface area contributed by atoms with Crippen molar-refractivity contribution in [2.24, 2.45) is 7.05 Å². The zero-order valence-corrected chi connectivity index (χ0v) is 17.6. The van der Waals surface area contributed by atoms with Gasteiger partial charge in [0.05, 0.1) is 11.6 Å². The van der Waals surface area contributed by atoms with E-state index in [1.54, 1.807) is 6.07 Å². The van der Waals surface area contributed by atoms with E-state index in [0.717, 1.165) is 24.1 Å². The first-order valence-corrected chi connectivity index (χ1v) is 10.4. The van der Waals surface area contributed by atoms with Crippen molar-refractivity contribution in [3.63, 3.8) is 0 Å². The topological polar surface area (TPSA) is 109 Å². The molecule has 1 unspecified atom stereocenters. The number of ether oxygens (including phenoxy) is 1. The van der Waals surface area contributed by atoms with Crippen LogP contribution in [0, 0.1) is 17.1 Å². The molecule has 1 fully saturated rings. The number of nitrogens with one attached hydrogen (secondary N) is 2. The third kappa shape index (κ3) is 4.56. The normalized spacial score (nSPS) is 17.5. The third-order valence-electron chi connectivity index (χ3n) is 5.49. The molecule has 0 aliphatic carbocycles. The second kappa shape index (κ2) is 9.34. The Morgan fingerprint density at radius 2 is 2.12 bits per heavy atom. The summed E-state index contributed by atoms with van der Waals surface area (Å²) in [6.45, 7) is 1.72. The standard InChI is InChI=1S/C23H23FN4O4/c1-28-19-11-16(10-18(24)21(19)32-23(28)30)15-5-3-14(4-6-15)9-17(12-25)27-22(29)20-13-26-7-2-8-31-20/h3-6,10-11,17,20,26H,2,7-9,13H2,1H3,(H,27,29)/t17-,20?/m0/s1.